The fourth-order valence-electron chi connectivity index (χ4n) is 1.48. The van der Waals surface area contributed by atoms with Gasteiger partial charge in [-0.25, -0.2) is 8.37 Å². The molecule has 0 amide bonds. The van der Waals surface area contributed by atoms with Crippen LogP contribution in [0.2, 0.25) is 0 Å². The van der Waals surface area contributed by atoms with Gasteiger partial charge in [-0.15, -0.1) is 0 Å². The molecule has 0 aromatic carbocycles. The van der Waals surface area contributed by atoms with Crippen LogP contribution in [0.15, 0.2) is 0 Å². The lowest BCUT2D eigenvalue weighted by molar-refractivity contribution is 0.0210. The SMILES string of the molecule is O=S1(=O)CCC(COCC2COS(=O)(=O)O2)O1. The third-order valence-electron chi connectivity index (χ3n) is 2.23. The van der Waals surface area contributed by atoms with Crippen LogP contribution in [0, 0.1) is 0 Å². The lowest BCUT2D eigenvalue weighted by atomic mass is 10.3. The first-order chi connectivity index (χ1) is 7.86. The van der Waals surface area contributed by atoms with Gasteiger partial charge in [0.15, 0.2) is 0 Å². The highest BCUT2D eigenvalue weighted by molar-refractivity contribution is 7.86. The summed E-state index contributed by atoms with van der Waals surface area (Å²) in [6, 6.07) is 0. The molecule has 2 aliphatic heterocycles. The molecule has 0 spiro atoms. The Morgan fingerprint density at radius 2 is 1.76 bits per heavy atom. The summed E-state index contributed by atoms with van der Waals surface area (Å²) in [5.74, 6) is -0.0154. The van der Waals surface area contributed by atoms with E-state index in [9.17, 15) is 16.8 Å². The van der Waals surface area contributed by atoms with Crippen LogP contribution in [0.4, 0.5) is 0 Å². The molecule has 0 aromatic rings. The van der Waals surface area contributed by atoms with Gasteiger partial charge in [-0.1, -0.05) is 0 Å². The van der Waals surface area contributed by atoms with Crippen LogP contribution in [0.1, 0.15) is 6.42 Å². The second-order valence-electron chi connectivity index (χ2n) is 3.72. The standard InChI is InChI=1S/C7H12O8S2/c8-16(9)2-1-6(14-16)3-12-4-7-5-13-17(10,11)15-7/h6-7H,1-5H2. The zero-order valence-electron chi connectivity index (χ0n) is 8.77. The number of hydrogen-bond donors (Lipinski definition) is 0. The fraction of sp³-hybridized carbons (Fsp3) is 1.00. The van der Waals surface area contributed by atoms with Crippen molar-refractivity contribution in [3.63, 3.8) is 0 Å². The molecule has 8 nitrogen and oxygen atoms in total. The molecule has 0 bridgehead atoms. The maximum absolute atomic E-state index is 10.9. The highest BCUT2D eigenvalue weighted by atomic mass is 32.3. The van der Waals surface area contributed by atoms with Crippen molar-refractivity contribution in [2.75, 3.05) is 25.6 Å². The van der Waals surface area contributed by atoms with E-state index in [1.54, 1.807) is 0 Å². The molecule has 0 aliphatic carbocycles. The van der Waals surface area contributed by atoms with Crippen molar-refractivity contribution in [2.24, 2.45) is 0 Å². The van der Waals surface area contributed by atoms with Gasteiger partial charge in [-0.05, 0) is 6.42 Å². The first-order valence-corrected chi connectivity index (χ1v) is 7.84. The Morgan fingerprint density at radius 1 is 1.06 bits per heavy atom. The van der Waals surface area contributed by atoms with Crippen molar-refractivity contribution in [2.45, 2.75) is 18.6 Å². The summed E-state index contributed by atoms with van der Waals surface area (Å²) in [6.45, 7) is 0.00440. The third-order valence-corrected chi connectivity index (χ3v) is 4.47. The molecule has 17 heavy (non-hydrogen) atoms. The fourth-order valence-corrected chi connectivity index (χ4v) is 3.51. The normalized spacial score (nSPS) is 35.1. The maximum atomic E-state index is 10.9. The van der Waals surface area contributed by atoms with Crippen LogP contribution < -0.4 is 0 Å². The van der Waals surface area contributed by atoms with E-state index in [1.165, 1.54) is 0 Å². The van der Waals surface area contributed by atoms with E-state index in [1.807, 2.05) is 0 Å². The van der Waals surface area contributed by atoms with Crippen molar-refractivity contribution < 1.29 is 34.1 Å². The summed E-state index contributed by atoms with van der Waals surface area (Å²) in [5, 5.41) is 0. The third kappa shape index (κ3) is 3.86. The Labute approximate surface area is 99.2 Å². The Hall–Kier alpha value is -0.260. The molecule has 2 aliphatic rings. The first-order valence-electron chi connectivity index (χ1n) is 4.93. The smallest absolute Gasteiger partial charge is 0.376 e. The van der Waals surface area contributed by atoms with Crippen molar-refractivity contribution in [3.8, 4) is 0 Å². The van der Waals surface area contributed by atoms with Crippen molar-refractivity contribution in [1.82, 2.24) is 0 Å². The Bertz CT molecular complexity index is 422. The quantitative estimate of drug-likeness (QED) is 0.593. The molecule has 0 saturated carbocycles. The minimum atomic E-state index is -3.87. The largest absolute Gasteiger partial charge is 0.400 e. The molecule has 0 N–H and O–H groups in total. The Balaban J connectivity index is 1.68. The molecular formula is C7H12O8S2. The van der Waals surface area contributed by atoms with E-state index >= 15 is 0 Å². The zero-order chi connectivity index (χ0) is 12.5. The molecule has 2 saturated heterocycles. The molecular weight excluding hydrogens is 276 g/mol. The molecule has 10 heteroatoms. The molecule has 2 atom stereocenters. The van der Waals surface area contributed by atoms with Gasteiger partial charge in [-0.2, -0.15) is 16.8 Å². The van der Waals surface area contributed by atoms with Gasteiger partial charge in [-0.3, -0.25) is 4.18 Å². The molecule has 100 valence electrons. The summed E-state index contributed by atoms with van der Waals surface area (Å²) in [5.41, 5.74) is 0. The average molecular weight is 288 g/mol. The summed E-state index contributed by atoms with van der Waals surface area (Å²) < 4.78 is 62.1. The summed E-state index contributed by atoms with van der Waals surface area (Å²) in [4.78, 5) is 0. The van der Waals surface area contributed by atoms with E-state index in [4.69, 9.17) is 8.92 Å². The van der Waals surface area contributed by atoms with E-state index in [2.05, 4.69) is 8.37 Å². The Kier molecular flexibility index (Phi) is 3.71. The lowest BCUT2D eigenvalue weighted by Gasteiger charge is -2.10. The predicted molar refractivity (Wildman–Crippen MR) is 53.8 cm³/mol. The number of hydrogen-bond acceptors (Lipinski definition) is 8. The molecule has 2 unspecified atom stereocenters. The van der Waals surface area contributed by atoms with Crippen molar-refractivity contribution in [1.29, 1.82) is 0 Å². The number of rotatable bonds is 4. The van der Waals surface area contributed by atoms with Gasteiger partial charge in [0.1, 0.15) is 12.2 Å². The van der Waals surface area contributed by atoms with Crippen molar-refractivity contribution in [3.05, 3.63) is 0 Å². The zero-order valence-corrected chi connectivity index (χ0v) is 10.4. The van der Waals surface area contributed by atoms with E-state index in [-0.39, 0.29) is 25.6 Å². The maximum Gasteiger partial charge on any atom is 0.400 e. The second kappa shape index (κ2) is 4.78. The van der Waals surface area contributed by atoms with Crippen LogP contribution in [0.5, 0.6) is 0 Å². The molecule has 2 rings (SSSR count). The lowest BCUT2D eigenvalue weighted by Crippen LogP contribution is -2.23. The van der Waals surface area contributed by atoms with Gasteiger partial charge >= 0.3 is 10.4 Å². The molecule has 0 radical (unpaired) electrons. The molecule has 0 aromatic heterocycles. The van der Waals surface area contributed by atoms with Gasteiger partial charge in [0.25, 0.3) is 10.1 Å². The van der Waals surface area contributed by atoms with E-state index in [0.717, 1.165) is 0 Å². The van der Waals surface area contributed by atoms with Gasteiger partial charge in [0, 0.05) is 0 Å². The highest BCUT2D eigenvalue weighted by Gasteiger charge is 2.32. The summed E-state index contributed by atoms with van der Waals surface area (Å²) in [7, 11) is -7.27. The van der Waals surface area contributed by atoms with Gasteiger partial charge in [0.2, 0.25) is 0 Å². The van der Waals surface area contributed by atoms with E-state index < -0.39 is 32.7 Å². The number of ether oxygens (including phenoxy) is 1. The summed E-state index contributed by atoms with van der Waals surface area (Å²) in [6.07, 6.45) is -0.806. The van der Waals surface area contributed by atoms with E-state index in [0.29, 0.717) is 6.42 Å². The minimum Gasteiger partial charge on any atom is -0.376 e. The van der Waals surface area contributed by atoms with Crippen LogP contribution in [0.3, 0.4) is 0 Å². The Morgan fingerprint density at radius 3 is 2.29 bits per heavy atom. The van der Waals surface area contributed by atoms with Crippen LogP contribution >= 0.6 is 0 Å². The topological polar surface area (TPSA) is 105 Å². The van der Waals surface area contributed by atoms with Crippen LogP contribution in [-0.4, -0.2) is 54.6 Å². The molecule has 2 heterocycles. The highest BCUT2D eigenvalue weighted by Crippen LogP contribution is 2.17. The minimum absolute atomic E-state index is 0.0130. The van der Waals surface area contributed by atoms with Gasteiger partial charge < -0.3 is 4.74 Å². The summed E-state index contributed by atoms with van der Waals surface area (Å²) >= 11 is 0. The first kappa shape index (κ1) is 13.2. The average Bonchev–Trinajstić information content (AvgIpc) is 2.70. The predicted octanol–water partition coefficient (Wildman–Crippen LogP) is -1.22. The van der Waals surface area contributed by atoms with Crippen LogP contribution in [0.25, 0.3) is 0 Å². The monoisotopic (exact) mass is 288 g/mol. The van der Waals surface area contributed by atoms with Crippen molar-refractivity contribution >= 4 is 20.5 Å². The van der Waals surface area contributed by atoms with Gasteiger partial charge in [0.05, 0.1) is 25.6 Å². The molecule has 2 fully saturated rings. The second-order valence-corrected chi connectivity index (χ2v) is 6.68. The van der Waals surface area contributed by atoms with Crippen LogP contribution in [-0.2, 0) is 37.8 Å².